The number of rotatable bonds is 4. The molecule has 0 fully saturated rings. The number of hydrogen-bond donors (Lipinski definition) is 1. The molecule has 3 aromatic rings. The van der Waals surface area contributed by atoms with E-state index in [1.807, 2.05) is 0 Å². The van der Waals surface area contributed by atoms with Crippen LogP contribution in [0.4, 0.5) is 10.1 Å². The summed E-state index contributed by atoms with van der Waals surface area (Å²) in [5, 5.41) is 10.7. The third kappa shape index (κ3) is 3.37. The van der Waals surface area contributed by atoms with Crippen molar-refractivity contribution in [2.45, 2.75) is 13.5 Å². The van der Waals surface area contributed by atoms with Gasteiger partial charge in [0.05, 0.1) is 0 Å². The maximum absolute atomic E-state index is 13.5. The molecular weight excluding hydrogens is 313 g/mol. The Bertz CT molecular complexity index is 934. The van der Waals surface area contributed by atoms with E-state index in [-0.39, 0.29) is 6.54 Å². The molecule has 3 rings (SSSR count). The lowest BCUT2D eigenvalue weighted by molar-refractivity contribution is -0.117. The molecule has 2 heterocycles. The third-order valence-corrected chi connectivity index (χ3v) is 3.34. The number of halogens is 1. The lowest BCUT2D eigenvalue weighted by Crippen LogP contribution is -2.30. The number of hydrogen-bond acceptors (Lipinski definition) is 4. The van der Waals surface area contributed by atoms with Crippen molar-refractivity contribution in [3.8, 4) is 5.82 Å². The molecule has 0 unspecified atom stereocenters. The summed E-state index contributed by atoms with van der Waals surface area (Å²) in [6, 6.07) is 8.92. The molecule has 0 aliphatic heterocycles. The van der Waals surface area contributed by atoms with Gasteiger partial charge in [0.25, 0.3) is 5.56 Å². The van der Waals surface area contributed by atoms with Gasteiger partial charge in [0, 0.05) is 24.1 Å². The van der Waals surface area contributed by atoms with E-state index in [4.69, 9.17) is 0 Å². The van der Waals surface area contributed by atoms with Crippen molar-refractivity contribution >= 4 is 11.6 Å². The summed E-state index contributed by atoms with van der Waals surface area (Å²) in [4.78, 5) is 23.9. The van der Waals surface area contributed by atoms with Crippen molar-refractivity contribution in [2.24, 2.45) is 0 Å². The molecule has 1 amide bonds. The maximum atomic E-state index is 13.5. The van der Waals surface area contributed by atoms with Crippen molar-refractivity contribution in [2.75, 3.05) is 5.32 Å². The Balaban J connectivity index is 1.77. The summed E-state index contributed by atoms with van der Waals surface area (Å²) in [5.74, 6) is -0.483. The zero-order valence-electron chi connectivity index (χ0n) is 12.8. The second kappa shape index (κ2) is 6.45. The molecule has 0 aliphatic carbocycles. The van der Waals surface area contributed by atoms with Gasteiger partial charge in [-0.1, -0.05) is 6.07 Å². The molecule has 0 saturated carbocycles. The molecule has 0 radical (unpaired) electrons. The minimum atomic E-state index is -0.481. The molecule has 0 saturated heterocycles. The van der Waals surface area contributed by atoms with Gasteiger partial charge in [0.2, 0.25) is 5.91 Å². The SMILES string of the molecule is Cc1ccc(NC(=O)Cn2nc(-n3cccn3)ccc2=O)cc1F. The predicted octanol–water partition coefficient (Wildman–Crippen LogP) is 1.52. The quantitative estimate of drug-likeness (QED) is 0.787. The molecule has 7 nitrogen and oxygen atoms in total. The van der Waals surface area contributed by atoms with Gasteiger partial charge in [0.15, 0.2) is 5.82 Å². The molecule has 0 bridgehead atoms. The first-order valence-electron chi connectivity index (χ1n) is 7.17. The topological polar surface area (TPSA) is 81.8 Å². The third-order valence-electron chi connectivity index (χ3n) is 3.34. The summed E-state index contributed by atoms with van der Waals surface area (Å²) in [6.45, 7) is 1.34. The fraction of sp³-hybridized carbons (Fsp3) is 0.125. The predicted molar refractivity (Wildman–Crippen MR) is 85.4 cm³/mol. The molecule has 24 heavy (non-hydrogen) atoms. The molecular formula is C16H14FN5O2. The van der Waals surface area contributed by atoms with Crippen molar-refractivity contribution in [3.05, 3.63) is 70.5 Å². The van der Waals surface area contributed by atoms with Crippen LogP contribution in [0.15, 0.2) is 53.6 Å². The van der Waals surface area contributed by atoms with E-state index < -0.39 is 17.3 Å². The summed E-state index contributed by atoms with van der Waals surface area (Å²) in [7, 11) is 0. The largest absolute Gasteiger partial charge is 0.324 e. The zero-order valence-corrected chi connectivity index (χ0v) is 12.8. The highest BCUT2D eigenvalue weighted by molar-refractivity contribution is 5.90. The van der Waals surface area contributed by atoms with Gasteiger partial charge < -0.3 is 5.32 Å². The van der Waals surface area contributed by atoms with Crippen LogP contribution < -0.4 is 10.9 Å². The Morgan fingerprint density at radius 1 is 1.29 bits per heavy atom. The van der Waals surface area contributed by atoms with Crippen molar-refractivity contribution in [1.29, 1.82) is 0 Å². The van der Waals surface area contributed by atoms with Crippen LogP contribution in [0.5, 0.6) is 0 Å². The van der Waals surface area contributed by atoms with Crippen LogP contribution in [-0.2, 0) is 11.3 Å². The van der Waals surface area contributed by atoms with Gasteiger partial charge in [-0.25, -0.2) is 13.8 Å². The van der Waals surface area contributed by atoms with Crippen LogP contribution in [0.25, 0.3) is 5.82 Å². The number of nitrogens with zero attached hydrogens (tertiary/aromatic N) is 4. The number of carbonyl (C=O) groups is 1. The van der Waals surface area contributed by atoms with Crippen molar-refractivity contribution < 1.29 is 9.18 Å². The Morgan fingerprint density at radius 2 is 2.12 bits per heavy atom. The van der Waals surface area contributed by atoms with Crippen LogP contribution in [0.3, 0.4) is 0 Å². The van der Waals surface area contributed by atoms with E-state index in [1.165, 1.54) is 22.9 Å². The van der Waals surface area contributed by atoms with Crippen LogP contribution in [-0.4, -0.2) is 25.5 Å². The second-order valence-corrected chi connectivity index (χ2v) is 5.15. The Morgan fingerprint density at radius 3 is 2.83 bits per heavy atom. The average Bonchev–Trinajstić information content (AvgIpc) is 3.07. The van der Waals surface area contributed by atoms with E-state index in [0.717, 1.165) is 4.68 Å². The molecule has 0 aliphatic rings. The van der Waals surface area contributed by atoms with Gasteiger partial charge in [-0.3, -0.25) is 9.59 Å². The van der Waals surface area contributed by atoms with Gasteiger partial charge in [0.1, 0.15) is 12.4 Å². The van der Waals surface area contributed by atoms with Crippen molar-refractivity contribution in [3.63, 3.8) is 0 Å². The highest BCUT2D eigenvalue weighted by atomic mass is 19.1. The van der Waals surface area contributed by atoms with E-state index >= 15 is 0 Å². The van der Waals surface area contributed by atoms with E-state index in [1.54, 1.807) is 37.5 Å². The summed E-state index contributed by atoms with van der Waals surface area (Å²) < 4.78 is 16.0. The van der Waals surface area contributed by atoms with Crippen LogP contribution in [0.1, 0.15) is 5.56 Å². The molecule has 1 N–H and O–H groups in total. The number of amides is 1. The first kappa shape index (κ1) is 15.6. The van der Waals surface area contributed by atoms with Gasteiger partial charge in [-0.15, -0.1) is 5.10 Å². The summed E-state index contributed by atoms with van der Waals surface area (Å²) >= 11 is 0. The smallest absolute Gasteiger partial charge is 0.267 e. The fourth-order valence-electron chi connectivity index (χ4n) is 2.09. The number of benzene rings is 1. The summed E-state index contributed by atoms with van der Waals surface area (Å²) in [6.07, 6.45) is 3.25. The van der Waals surface area contributed by atoms with Gasteiger partial charge in [-0.05, 0) is 36.8 Å². The molecule has 0 atom stereocenters. The first-order valence-corrected chi connectivity index (χ1v) is 7.17. The van der Waals surface area contributed by atoms with Crippen LogP contribution in [0.2, 0.25) is 0 Å². The van der Waals surface area contributed by atoms with Crippen LogP contribution >= 0.6 is 0 Å². The zero-order chi connectivity index (χ0) is 17.1. The molecule has 0 spiro atoms. The summed E-state index contributed by atoms with van der Waals surface area (Å²) in [5.41, 5.74) is 0.383. The maximum Gasteiger partial charge on any atom is 0.267 e. The number of anilines is 1. The number of carbonyl (C=O) groups excluding carboxylic acids is 1. The minimum absolute atomic E-state index is 0.288. The monoisotopic (exact) mass is 327 g/mol. The second-order valence-electron chi connectivity index (χ2n) is 5.15. The van der Waals surface area contributed by atoms with Gasteiger partial charge >= 0.3 is 0 Å². The van der Waals surface area contributed by atoms with E-state index in [2.05, 4.69) is 15.5 Å². The Labute approximate surface area is 136 Å². The number of aryl methyl sites for hydroxylation is 1. The molecule has 1 aromatic carbocycles. The highest BCUT2D eigenvalue weighted by Crippen LogP contribution is 2.13. The van der Waals surface area contributed by atoms with E-state index in [9.17, 15) is 14.0 Å². The standard InChI is InChI=1S/C16H14FN5O2/c1-11-3-4-12(9-13(11)17)19-15(23)10-22-16(24)6-5-14(20-22)21-8-2-7-18-21/h2-9H,10H2,1H3,(H,19,23). The number of nitrogens with one attached hydrogen (secondary N) is 1. The minimum Gasteiger partial charge on any atom is -0.324 e. The molecule has 8 heteroatoms. The van der Waals surface area contributed by atoms with E-state index in [0.29, 0.717) is 17.1 Å². The average molecular weight is 327 g/mol. The molecule has 2 aromatic heterocycles. The normalized spacial score (nSPS) is 10.6. The Hall–Kier alpha value is -3.29. The first-order chi connectivity index (χ1) is 11.5. The van der Waals surface area contributed by atoms with Crippen LogP contribution in [0, 0.1) is 12.7 Å². The van der Waals surface area contributed by atoms with Gasteiger partial charge in [-0.2, -0.15) is 5.10 Å². The Kier molecular flexibility index (Phi) is 4.19. The fourth-order valence-corrected chi connectivity index (χ4v) is 2.09. The number of aromatic nitrogens is 4. The lowest BCUT2D eigenvalue weighted by Gasteiger charge is -2.08. The highest BCUT2D eigenvalue weighted by Gasteiger charge is 2.09. The van der Waals surface area contributed by atoms with Crippen molar-refractivity contribution in [1.82, 2.24) is 19.6 Å². The lowest BCUT2D eigenvalue weighted by atomic mass is 10.2. The molecule has 122 valence electrons.